The Morgan fingerprint density at radius 2 is 1.74 bits per heavy atom. The number of hydrogen-bond acceptors (Lipinski definition) is 6. The number of sulfonamides is 1. The lowest BCUT2D eigenvalue weighted by Gasteiger charge is -2.24. The monoisotopic (exact) mass is 513 g/mol. The molecule has 0 bridgehead atoms. The van der Waals surface area contributed by atoms with E-state index in [0.717, 1.165) is 28.3 Å². The van der Waals surface area contributed by atoms with Gasteiger partial charge >= 0.3 is 0 Å². The summed E-state index contributed by atoms with van der Waals surface area (Å²) in [4.78, 5) is 23.2. The molecule has 0 unspecified atom stereocenters. The molecule has 10 heteroatoms. The van der Waals surface area contributed by atoms with E-state index in [0.29, 0.717) is 6.54 Å². The summed E-state index contributed by atoms with van der Waals surface area (Å²) in [5.74, 6) is 1.23. The Morgan fingerprint density at radius 1 is 1.03 bits per heavy atom. The van der Waals surface area contributed by atoms with Crippen LogP contribution in [0.3, 0.4) is 0 Å². The molecule has 8 nitrogen and oxygen atoms in total. The minimum Gasteiger partial charge on any atom is -0.354 e. The SMILES string of the molecule is Cc1ccc(CSCCCNC(=O)CN(c2cccc([N+](=O)[O-])c2)S(=O)(=O)c2ccccc2)cc1. The van der Waals surface area contributed by atoms with Crippen LogP contribution in [-0.2, 0) is 20.6 Å². The summed E-state index contributed by atoms with van der Waals surface area (Å²) < 4.78 is 27.5. The van der Waals surface area contributed by atoms with Crippen LogP contribution in [0.2, 0.25) is 0 Å². The molecule has 0 aromatic heterocycles. The third-order valence-corrected chi connectivity index (χ3v) is 8.03. The van der Waals surface area contributed by atoms with Gasteiger partial charge in [0, 0.05) is 24.4 Å². The number of nitro benzene ring substituents is 1. The Labute approximate surface area is 209 Å². The number of benzene rings is 3. The maximum absolute atomic E-state index is 13.3. The van der Waals surface area contributed by atoms with E-state index >= 15 is 0 Å². The van der Waals surface area contributed by atoms with Crippen molar-refractivity contribution in [3.8, 4) is 0 Å². The third-order valence-electron chi connectivity index (χ3n) is 5.12. The summed E-state index contributed by atoms with van der Waals surface area (Å²) in [6, 6.07) is 21.3. The fraction of sp³-hybridized carbons (Fsp3) is 0.240. The van der Waals surface area contributed by atoms with Gasteiger partial charge in [-0.25, -0.2) is 8.42 Å². The lowest BCUT2D eigenvalue weighted by molar-refractivity contribution is -0.384. The van der Waals surface area contributed by atoms with Crippen molar-refractivity contribution in [2.75, 3.05) is 23.1 Å². The van der Waals surface area contributed by atoms with E-state index in [9.17, 15) is 23.3 Å². The molecule has 0 heterocycles. The van der Waals surface area contributed by atoms with Crippen molar-refractivity contribution in [3.63, 3.8) is 0 Å². The number of hydrogen-bond donors (Lipinski definition) is 1. The van der Waals surface area contributed by atoms with Crippen LogP contribution >= 0.6 is 11.8 Å². The van der Waals surface area contributed by atoms with E-state index in [1.165, 1.54) is 41.5 Å². The maximum atomic E-state index is 13.3. The molecule has 0 spiro atoms. The molecule has 184 valence electrons. The molecule has 3 aromatic rings. The Kier molecular flexibility index (Phi) is 9.27. The molecule has 0 aliphatic carbocycles. The summed E-state index contributed by atoms with van der Waals surface area (Å²) in [5, 5.41) is 14.0. The number of anilines is 1. The van der Waals surface area contributed by atoms with Gasteiger partial charge in [-0.2, -0.15) is 11.8 Å². The first-order valence-corrected chi connectivity index (χ1v) is 13.6. The van der Waals surface area contributed by atoms with Gasteiger partial charge in [0.15, 0.2) is 0 Å². The van der Waals surface area contributed by atoms with Gasteiger partial charge in [0.05, 0.1) is 15.5 Å². The van der Waals surface area contributed by atoms with Gasteiger partial charge in [0.25, 0.3) is 15.7 Å². The molecule has 0 aliphatic heterocycles. The second-order valence-electron chi connectivity index (χ2n) is 7.84. The first kappa shape index (κ1) is 26.2. The second kappa shape index (κ2) is 12.4. The molecule has 0 fully saturated rings. The van der Waals surface area contributed by atoms with E-state index < -0.39 is 27.4 Å². The highest BCUT2D eigenvalue weighted by Crippen LogP contribution is 2.26. The number of non-ortho nitro benzene ring substituents is 1. The van der Waals surface area contributed by atoms with E-state index in [-0.39, 0.29) is 16.3 Å². The zero-order chi connectivity index (χ0) is 25.3. The zero-order valence-corrected chi connectivity index (χ0v) is 20.9. The van der Waals surface area contributed by atoms with Crippen LogP contribution in [0.25, 0.3) is 0 Å². The molecule has 0 aliphatic rings. The third kappa shape index (κ3) is 7.56. The molecular formula is C25H27N3O5S2. The Balaban J connectivity index is 1.62. The van der Waals surface area contributed by atoms with Gasteiger partial charge in [-0.1, -0.05) is 54.1 Å². The van der Waals surface area contributed by atoms with Gasteiger partial charge in [-0.15, -0.1) is 0 Å². The number of amides is 1. The van der Waals surface area contributed by atoms with Crippen molar-refractivity contribution in [1.82, 2.24) is 5.32 Å². The summed E-state index contributed by atoms with van der Waals surface area (Å²) in [7, 11) is -4.12. The molecule has 1 amide bonds. The number of carbonyl (C=O) groups is 1. The molecule has 0 radical (unpaired) electrons. The van der Waals surface area contributed by atoms with Crippen molar-refractivity contribution < 1.29 is 18.1 Å². The lowest BCUT2D eigenvalue weighted by atomic mass is 10.2. The van der Waals surface area contributed by atoms with Crippen LogP contribution in [0.5, 0.6) is 0 Å². The number of nitro groups is 1. The van der Waals surface area contributed by atoms with E-state index in [1.54, 1.807) is 30.0 Å². The molecule has 3 aromatic carbocycles. The van der Waals surface area contributed by atoms with Crippen molar-refractivity contribution >= 4 is 39.1 Å². The summed E-state index contributed by atoms with van der Waals surface area (Å²) >= 11 is 1.76. The summed E-state index contributed by atoms with van der Waals surface area (Å²) in [6.07, 6.45) is 0.727. The second-order valence-corrected chi connectivity index (χ2v) is 10.8. The summed E-state index contributed by atoms with van der Waals surface area (Å²) in [6.45, 7) is 1.95. The highest BCUT2D eigenvalue weighted by Gasteiger charge is 2.28. The van der Waals surface area contributed by atoms with Gasteiger partial charge in [-0.05, 0) is 42.9 Å². The van der Waals surface area contributed by atoms with Crippen LogP contribution in [0.15, 0.2) is 83.8 Å². The molecule has 0 saturated heterocycles. The average Bonchev–Trinajstić information content (AvgIpc) is 2.86. The van der Waals surface area contributed by atoms with Crippen molar-refractivity contribution in [3.05, 3.63) is 100 Å². The van der Waals surface area contributed by atoms with E-state index in [2.05, 4.69) is 29.6 Å². The van der Waals surface area contributed by atoms with E-state index in [4.69, 9.17) is 0 Å². The standard InChI is InChI=1S/C25H27N3O5S2/c1-20-11-13-21(14-12-20)19-34-16-6-15-26-25(29)18-27(22-7-5-8-23(17-22)28(30)31)35(32,33)24-9-3-2-4-10-24/h2-5,7-14,17H,6,15-16,18-19H2,1H3,(H,26,29). The lowest BCUT2D eigenvalue weighted by Crippen LogP contribution is -2.41. The van der Waals surface area contributed by atoms with Crippen LogP contribution in [-0.4, -0.2) is 38.1 Å². The number of thioether (sulfide) groups is 1. The topological polar surface area (TPSA) is 110 Å². The minimum absolute atomic E-state index is 0.00758. The number of aryl methyl sites for hydroxylation is 1. The largest absolute Gasteiger partial charge is 0.354 e. The van der Waals surface area contributed by atoms with Crippen LogP contribution in [0.1, 0.15) is 17.5 Å². The van der Waals surface area contributed by atoms with Crippen LogP contribution < -0.4 is 9.62 Å². The number of nitrogens with zero attached hydrogens (tertiary/aromatic N) is 2. The maximum Gasteiger partial charge on any atom is 0.271 e. The smallest absolute Gasteiger partial charge is 0.271 e. The highest BCUT2D eigenvalue weighted by molar-refractivity contribution is 7.98. The first-order chi connectivity index (χ1) is 16.8. The molecule has 0 atom stereocenters. The fourth-order valence-corrected chi connectivity index (χ4v) is 5.61. The van der Waals surface area contributed by atoms with Gasteiger partial charge < -0.3 is 5.32 Å². The van der Waals surface area contributed by atoms with Crippen LogP contribution in [0.4, 0.5) is 11.4 Å². The van der Waals surface area contributed by atoms with Crippen molar-refractivity contribution in [2.45, 2.75) is 24.0 Å². The molecule has 3 rings (SSSR count). The molecule has 1 N–H and O–H groups in total. The zero-order valence-electron chi connectivity index (χ0n) is 19.3. The fourth-order valence-electron chi connectivity index (χ4n) is 3.26. The summed E-state index contributed by atoms with van der Waals surface area (Å²) in [5.41, 5.74) is 2.24. The quantitative estimate of drug-likeness (QED) is 0.216. The molecule has 0 saturated carbocycles. The minimum atomic E-state index is -4.12. The van der Waals surface area contributed by atoms with Crippen molar-refractivity contribution in [1.29, 1.82) is 0 Å². The number of rotatable bonds is 12. The average molecular weight is 514 g/mol. The van der Waals surface area contributed by atoms with Crippen molar-refractivity contribution in [2.24, 2.45) is 0 Å². The number of nitrogens with one attached hydrogen (secondary N) is 1. The van der Waals surface area contributed by atoms with Gasteiger partial charge in [-0.3, -0.25) is 19.2 Å². The van der Waals surface area contributed by atoms with E-state index in [1.807, 2.05) is 6.92 Å². The first-order valence-electron chi connectivity index (χ1n) is 11.0. The van der Waals surface area contributed by atoms with Crippen LogP contribution in [0, 0.1) is 17.0 Å². The molecule has 35 heavy (non-hydrogen) atoms. The Hall–Kier alpha value is -3.37. The predicted octanol–water partition coefficient (Wildman–Crippen LogP) is 4.54. The Bertz CT molecular complexity index is 1250. The normalized spacial score (nSPS) is 11.1. The number of carbonyl (C=O) groups excluding carboxylic acids is 1. The van der Waals surface area contributed by atoms with Gasteiger partial charge in [0.1, 0.15) is 6.54 Å². The molecular weight excluding hydrogens is 486 g/mol. The Morgan fingerprint density at radius 3 is 2.43 bits per heavy atom. The van der Waals surface area contributed by atoms with Gasteiger partial charge in [0.2, 0.25) is 5.91 Å². The predicted molar refractivity (Wildman–Crippen MR) is 139 cm³/mol. The highest BCUT2D eigenvalue weighted by atomic mass is 32.2.